The first-order valence-electron chi connectivity index (χ1n) is 8.85. The molecule has 28 heavy (non-hydrogen) atoms. The molecule has 0 unspecified atom stereocenters. The number of nitrogens with one attached hydrogen (secondary N) is 2. The fraction of sp³-hybridized carbons (Fsp3) is 0.316. The molecule has 9 heteroatoms. The van der Waals surface area contributed by atoms with Gasteiger partial charge in [-0.3, -0.25) is 4.79 Å². The van der Waals surface area contributed by atoms with Crippen LogP contribution >= 0.6 is 22.6 Å². The quantitative estimate of drug-likeness (QED) is 0.446. The van der Waals surface area contributed by atoms with E-state index >= 15 is 0 Å². The van der Waals surface area contributed by atoms with Crippen LogP contribution in [-0.4, -0.2) is 26.4 Å². The second-order valence-electron chi connectivity index (χ2n) is 6.68. The number of benzene rings is 2. The van der Waals surface area contributed by atoms with Crippen LogP contribution in [0.1, 0.15) is 36.0 Å². The van der Waals surface area contributed by atoms with E-state index in [0.29, 0.717) is 6.04 Å². The van der Waals surface area contributed by atoms with Gasteiger partial charge in [0.2, 0.25) is 0 Å². The van der Waals surface area contributed by atoms with Crippen molar-refractivity contribution in [3.63, 3.8) is 0 Å². The molecule has 0 radical (unpaired) electrons. The van der Waals surface area contributed by atoms with Crippen molar-refractivity contribution < 1.29 is 21.3 Å². The molecule has 0 atom stereocenters. The third-order valence-corrected chi connectivity index (χ3v) is 5.68. The smallest absolute Gasteiger partial charge is 0.382 e. The van der Waals surface area contributed by atoms with Gasteiger partial charge in [-0.15, -0.1) is 0 Å². The molecule has 1 amide bonds. The van der Waals surface area contributed by atoms with Gasteiger partial charge in [0.25, 0.3) is 5.91 Å². The molecular weight excluding hydrogens is 498 g/mol. The van der Waals surface area contributed by atoms with Crippen molar-refractivity contribution in [3.8, 4) is 5.75 Å². The maximum Gasteiger partial charge on any atom is 0.488 e. The first kappa shape index (κ1) is 20.8. The van der Waals surface area contributed by atoms with E-state index in [-0.39, 0.29) is 23.3 Å². The largest absolute Gasteiger partial charge is 0.488 e. The van der Waals surface area contributed by atoms with Crippen LogP contribution in [0.3, 0.4) is 0 Å². The molecule has 2 aromatic carbocycles. The fourth-order valence-corrected chi connectivity index (χ4v) is 3.93. The van der Waals surface area contributed by atoms with Gasteiger partial charge in [0.1, 0.15) is 5.75 Å². The van der Waals surface area contributed by atoms with E-state index < -0.39 is 10.5 Å². The summed E-state index contributed by atoms with van der Waals surface area (Å²) in [5.41, 5.74) is 1.31. The summed E-state index contributed by atoms with van der Waals surface area (Å²) in [6, 6.07) is 14.1. The highest BCUT2D eigenvalue weighted by Gasteiger charge is 2.23. The molecule has 0 saturated heterocycles. The summed E-state index contributed by atoms with van der Waals surface area (Å²) in [6.07, 6.45) is 3.53. The van der Waals surface area contributed by atoms with Gasteiger partial charge in [0, 0.05) is 26.9 Å². The molecule has 0 aliphatic heterocycles. The molecule has 2 N–H and O–H groups in total. The van der Waals surface area contributed by atoms with Gasteiger partial charge in [0.15, 0.2) is 0 Å². The number of anilines is 1. The van der Waals surface area contributed by atoms with E-state index in [9.17, 15) is 17.1 Å². The number of amides is 1. The average Bonchev–Trinajstić information content (AvgIpc) is 2.64. The van der Waals surface area contributed by atoms with E-state index in [4.69, 9.17) is 0 Å². The molecule has 1 fully saturated rings. The number of rotatable bonds is 6. The molecule has 0 bridgehead atoms. The van der Waals surface area contributed by atoms with Gasteiger partial charge in [0.05, 0.1) is 0 Å². The third-order valence-electron chi connectivity index (χ3n) is 4.57. The summed E-state index contributed by atoms with van der Waals surface area (Å²) in [5, 5.41) is 6.47. The Kier molecular flexibility index (Phi) is 6.76. The minimum absolute atomic E-state index is 0.0387. The minimum Gasteiger partial charge on any atom is -0.382 e. The Morgan fingerprint density at radius 1 is 1.04 bits per heavy atom. The average molecular weight is 518 g/mol. The Balaban J connectivity index is 1.51. The van der Waals surface area contributed by atoms with Gasteiger partial charge >= 0.3 is 10.5 Å². The lowest BCUT2D eigenvalue weighted by Crippen LogP contribution is -2.40. The van der Waals surface area contributed by atoms with Crippen LogP contribution in [0, 0.1) is 3.57 Å². The zero-order chi connectivity index (χ0) is 20.1. The van der Waals surface area contributed by atoms with Crippen molar-refractivity contribution in [2.45, 2.75) is 37.8 Å². The summed E-state index contributed by atoms with van der Waals surface area (Å²) in [5.74, 6) is -0.573. The van der Waals surface area contributed by atoms with Crippen molar-refractivity contribution >= 4 is 44.7 Å². The second-order valence-corrected chi connectivity index (χ2v) is 8.88. The molecule has 0 aromatic heterocycles. The highest BCUT2D eigenvalue weighted by atomic mass is 127. The summed E-state index contributed by atoms with van der Waals surface area (Å²) in [4.78, 5) is 12.4. The molecule has 3 rings (SSSR count). The normalized spacial score (nSPS) is 19.6. The topological polar surface area (TPSA) is 84.5 Å². The van der Waals surface area contributed by atoms with Gasteiger partial charge in [-0.25, -0.2) is 0 Å². The molecule has 1 saturated carbocycles. The van der Waals surface area contributed by atoms with Gasteiger partial charge in [-0.2, -0.15) is 8.42 Å². The SMILES string of the molecule is O=C(NC1CCC(Nc2ccc(I)cc2)CC1)c1cccc(OS(=O)(=O)F)c1. The second kappa shape index (κ2) is 9.08. The van der Waals surface area contributed by atoms with Crippen LogP contribution in [0.4, 0.5) is 9.57 Å². The Morgan fingerprint density at radius 2 is 1.68 bits per heavy atom. The van der Waals surface area contributed by atoms with Crippen molar-refractivity contribution in [1.29, 1.82) is 0 Å². The minimum atomic E-state index is -5.12. The number of carbonyl (C=O) groups excluding carboxylic acids is 1. The first-order chi connectivity index (χ1) is 13.3. The predicted octanol–water partition coefficient (Wildman–Crippen LogP) is 4.04. The maximum atomic E-state index is 12.6. The van der Waals surface area contributed by atoms with Crippen LogP contribution in [0.5, 0.6) is 5.75 Å². The Morgan fingerprint density at radius 3 is 2.32 bits per heavy atom. The zero-order valence-electron chi connectivity index (χ0n) is 14.9. The third kappa shape index (κ3) is 6.33. The molecule has 150 valence electrons. The zero-order valence-corrected chi connectivity index (χ0v) is 17.9. The summed E-state index contributed by atoms with van der Waals surface area (Å²) >= 11 is 2.27. The Labute approximate surface area is 177 Å². The van der Waals surface area contributed by atoms with Crippen molar-refractivity contribution in [1.82, 2.24) is 5.32 Å². The van der Waals surface area contributed by atoms with Crippen molar-refractivity contribution in [3.05, 3.63) is 57.7 Å². The van der Waals surface area contributed by atoms with Crippen molar-refractivity contribution in [2.75, 3.05) is 5.32 Å². The highest BCUT2D eigenvalue weighted by molar-refractivity contribution is 14.1. The number of hydrogen-bond acceptors (Lipinski definition) is 5. The lowest BCUT2D eigenvalue weighted by molar-refractivity contribution is 0.0926. The number of halogens is 2. The monoisotopic (exact) mass is 518 g/mol. The van der Waals surface area contributed by atoms with Crippen molar-refractivity contribution in [2.24, 2.45) is 0 Å². The number of hydrogen-bond donors (Lipinski definition) is 2. The lowest BCUT2D eigenvalue weighted by Gasteiger charge is -2.30. The molecule has 1 aliphatic carbocycles. The lowest BCUT2D eigenvalue weighted by atomic mass is 9.90. The fourth-order valence-electron chi connectivity index (χ4n) is 3.24. The standard InChI is InChI=1S/C19H20FIN2O4S/c20-28(25,26)27-18-3-1-2-13(12-18)19(24)23-17-10-8-16(9-11-17)22-15-6-4-14(21)5-7-15/h1-7,12,16-17,22H,8-11H2,(H,23,24). The van der Waals surface area contributed by atoms with Gasteiger partial charge < -0.3 is 14.8 Å². The van der Waals surface area contributed by atoms with Crippen LogP contribution in [0.25, 0.3) is 0 Å². The highest BCUT2D eigenvalue weighted by Crippen LogP contribution is 2.23. The van der Waals surface area contributed by atoms with Gasteiger partial charge in [-0.1, -0.05) is 9.95 Å². The molecule has 0 heterocycles. The molecule has 6 nitrogen and oxygen atoms in total. The molecular formula is C19H20FIN2O4S. The van der Waals surface area contributed by atoms with E-state index in [1.807, 2.05) is 0 Å². The van der Waals surface area contributed by atoms with Crippen LogP contribution in [0.2, 0.25) is 0 Å². The molecule has 2 aromatic rings. The molecule has 0 spiro atoms. The van der Waals surface area contributed by atoms with Crippen LogP contribution in [-0.2, 0) is 10.5 Å². The summed E-state index contributed by atoms with van der Waals surface area (Å²) < 4.78 is 39.2. The summed E-state index contributed by atoms with van der Waals surface area (Å²) in [7, 11) is -5.12. The Hall–Kier alpha value is -1.88. The van der Waals surface area contributed by atoms with Crippen LogP contribution < -0.4 is 14.8 Å². The van der Waals surface area contributed by atoms with Crippen LogP contribution in [0.15, 0.2) is 48.5 Å². The molecule has 1 aliphatic rings. The number of carbonyl (C=O) groups is 1. The van der Waals surface area contributed by atoms with E-state index in [1.54, 1.807) is 0 Å². The first-order valence-corrected chi connectivity index (χ1v) is 11.2. The van der Waals surface area contributed by atoms with Gasteiger partial charge in [-0.05, 0) is 90.7 Å². The Bertz CT molecular complexity index is 929. The maximum absolute atomic E-state index is 12.6. The van der Waals surface area contributed by atoms with E-state index in [2.05, 4.69) is 61.7 Å². The van der Waals surface area contributed by atoms with E-state index in [0.717, 1.165) is 31.4 Å². The van der Waals surface area contributed by atoms with E-state index in [1.165, 1.54) is 27.8 Å². The summed E-state index contributed by atoms with van der Waals surface area (Å²) in [6.45, 7) is 0. The predicted molar refractivity (Wildman–Crippen MR) is 113 cm³/mol.